The van der Waals surface area contributed by atoms with Crippen molar-refractivity contribution in [1.29, 1.82) is 5.26 Å². The molecule has 1 amide bonds. The number of thiophene rings is 1. The van der Waals surface area contributed by atoms with Gasteiger partial charge in [-0.25, -0.2) is 4.98 Å². The summed E-state index contributed by atoms with van der Waals surface area (Å²) in [4.78, 5) is 17.8. The number of fused-ring (bicyclic) bond motifs is 1. The first kappa shape index (κ1) is 15.2. The number of amides is 1. The molecule has 0 aromatic carbocycles. The van der Waals surface area contributed by atoms with Gasteiger partial charge in [0.25, 0.3) is 0 Å². The molecule has 1 aliphatic rings. The monoisotopic (exact) mass is 331 g/mol. The van der Waals surface area contributed by atoms with Crippen molar-refractivity contribution in [1.82, 2.24) is 4.98 Å². The van der Waals surface area contributed by atoms with Crippen molar-refractivity contribution < 1.29 is 4.79 Å². The van der Waals surface area contributed by atoms with Gasteiger partial charge in [0, 0.05) is 10.3 Å². The number of aryl methyl sites for hydroxylation is 1. The molecule has 1 atom stereocenters. The highest BCUT2D eigenvalue weighted by molar-refractivity contribution is 7.16. The zero-order valence-corrected chi connectivity index (χ0v) is 14.2. The van der Waals surface area contributed by atoms with Gasteiger partial charge in [0.05, 0.1) is 22.7 Å². The Bertz CT molecular complexity index is 754. The summed E-state index contributed by atoms with van der Waals surface area (Å²) in [6.07, 6.45) is 3.32. The highest BCUT2D eigenvalue weighted by Crippen LogP contribution is 2.39. The lowest BCUT2D eigenvalue weighted by atomic mass is 9.89. The molecule has 0 saturated heterocycles. The van der Waals surface area contributed by atoms with E-state index < -0.39 is 0 Å². The van der Waals surface area contributed by atoms with Gasteiger partial charge >= 0.3 is 0 Å². The lowest BCUT2D eigenvalue weighted by molar-refractivity contribution is -0.115. The summed E-state index contributed by atoms with van der Waals surface area (Å²) in [5.41, 5.74) is 2.59. The van der Waals surface area contributed by atoms with Gasteiger partial charge in [-0.3, -0.25) is 4.79 Å². The summed E-state index contributed by atoms with van der Waals surface area (Å²) in [6.45, 7) is 4.16. The van der Waals surface area contributed by atoms with E-state index in [9.17, 15) is 10.1 Å². The average Bonchev–Trinajstić information content (AvgIpc) is 3.01. The molecule has 0 saturated carbocycles. The molecule has 0 bridgehead atoms. The second-order valence-electron chi connectivity index (χ2n) is 5.75. The van der Waals surface area contributed by atoms with Crippen LogP contribution in [-0.2, 0) is 24.1 Å². The summed E-state index contributed by atoms with van der Waals surface area (Å²) >= 11 is 3.10. The third-order valence-corrected chi connectivity index (χ3v) is 5.88. The number of rotatable bonds is 3. The Balaban J connectivity index is 1.77. The maximum Gasteiger partial charge on any atom is 0.231 e. The Hall–Kier alpha value is -1.71. The number of carbonyl (C=O) groups is 1. The number of carbonyl (C=O) groups excluding carboxylic acids is 1. The molecule has 0 radical (unpaired) electrons. The molecule has 2 heterocycles. The summed E-state index contributed by atoms with van der Waals surface area (Å²) in [6, 6.07) is 2.27. The molecule has 22 heavy (non-hydrogen) atoms. The topological polar surface area (TPSA) is 65.8 Å². The number of hydrogen-bond donors (Lipinski definition) is 1. The molecule has 0 fully saturated rings. The molecule has 2 aromatic rings. The Morgan fingerprint density at radius 3 is 3.09 bits per heavy atom. The third-order valence-electron chi connectivity index (χ3n) is 3.88. The van der Waals surface area contributed by atoms with E-state index >= 15 is 0 Å². The number of nitriles is 1. The predicted molar refractivity (Wildman–Crippen MR) is 89.4 cm³/mol. The molecular weight excluding hydrogens is 314 g/mol. The first-order valence-corrected chi connectivity index (χ1v) is 9.02. The van der Waals surface area contributed by atoms with Gasteiger partial charge in [0.15, 0.2) is 0 Å². The quantitative estimate of drug-likeness (QED) is 0.933. The Morgan fingerprint density at radius 2 is 2.41 bits per heavy atom. The van der Waals surface area contributed by atoms with Crippen LogP contribution in [0, 0.1) is 24.2 Å². The van der Waals surface area contributed by atoms with Gasteiger partial charge in [-0.05, 0) is 37.7 Å². The maximum atomic E-state index is 12.2. The van der Waals surface area contributed by atoms with Crippen LogP contribution in [0.15, 0.2) is 5.38 Å². The number of thiazole rings is 1. The van der Waals surface area contributed by atoms with Crippen LogP contribution in [0.1, 0.15) is 40.1 Å². The van der Waals surface area contributed by atoms with E-state index in [1.54, 1.807) is 22.7 Å². The number of nitrogens with zero attached hydrogens (tertiary/aromatic N) is 2. The summed E-state index contributed by atoms with van der Waals surface area (Å²) < 4.78 is 0. The van der Waals surface area contributed by atoms with E-state index in [1.165, 1.54) is 4.88 Å². The number of anilines is 1. The normalized spacial score (nSPS) is 16.9. The van der Waals surface area contributed by atoms with E-state index in [0.29, 0.717) is 16.5 Å². The number of aromatic nitrogens is 1. The predicted octanol–water partition coefficient (Wildman–Crippen LogP) is 3.69. The van der Waals surface area contributed by atoms with E-state index in [4.69, 9.17) is 0 Å². The van der Waals surface area contributed by atoms with Crippen molar-refractivity contribution >= 4 is 33.6 Å². The van der Waals surface area contributed by atoms with Gasteiger partial charge < -0.3 is 5.32 Å². The molecule has 2 aromatic heterocycles. The SMILES string of the molecule is Cc1nc(CC(=O)Nc2sc3c(c2C#N)CCC(C)C3)cs1. The fraction of sp³-hybridized carbons (Fsp3) is 0.438. The molecule has 1 aliphatic carbocycles. The first-order valence-electron chi connectivity index (χ1n) is 7.32. The highest BCUT2D eigenvalue weighted by atomic mass is 32.1. The summed E-state index contributed by atoms with van der Waals surface area (Å²) in [5, 5.41) is 15.9. The molecule has 4 nitrogen and oxygen atoms in total. The fourth-order valence-electron chi connectivity index (χ4n) is 2.78. The van der Waals surface area contributed by atoms with E-state index in [2.05, 4.69) is 23.3 Å². The average molecular weight is 331 g/mol. The van der Waals surface area contributed by atoms with E-state index in [0.717, 1.165) is 35.5 Å². The van der Waals surface area contributed by atoms with Crippen LogP contribution in [0.2, 0.25) is 0 Å². The van der Waals surface area contributed by atoms with Crippen molar-refractivity contribution in [2.45, 2.75) is 39.5 Å². The van der Waals surface area contributed by atoms with Crippen molar-refractivity contribution in [3.8, 4) is 6.07 Å². The third kappa shape index (κ3) is 3.06. The molecule has 1 N–H and O–H groups in total. The van der Waals surface area contributed by atoms with Crippen LogP contribution < -0.4 is 5.32 Å². The van der Waals surface area contributed by atoms with Gasteiger partial charge in [-0.1, -0.05) is 6.92 Å². The highest BCUT2D eigenvalue weighted by Gasteiger charge is 2.24. The van der Waals surface area contributed by atoms with Crippen LogP contribution >= 0.6 is 22.7 Å². The lowest BCUT2D eigenvalue weighted by Crippen LogP contribution is -2.14. The fourth-order valence-corrected chi connectivity index (χ4v) is 4.77. The van der Waals surface area contributed by atoms with Gasteiger partial charge in [0.1, 0.15) is 11.1 Å². The van der Waals surface area contributed by atoms with E-state index in [-0.39, 0.29) is 12.3 Å². The minimum absolute atomic E-state index is 0.103. The van der Waals surface area contributed by atoms with E-state index in [1.807, 2.05) is 12.3 Å². The van der Waals surface area contributed by atoms with Crippen molar-refractivity contribution in [2.75, 3.05) is 5.32 Å². The van der Waals surface area contributed by atoms with Gasteiger partial charge in [0.2, 0.25) is 5.91 Å². The van der Waals surface area contributed by atoms with Crippen molar-refractivity contribution in [3.63, 3.8) is 0 Å². The Morgan fingerprint density at radius 1 is 1.59 bits per heavy atom. The first-order chi connectivity index (χ1) is 10.6. The standard InChI is InChI=1S/C16H17N3OS2/c1-9-3-4-12-13(7-17)16(22-14(12)5-9)19-15(20)6-11-8-21-10(2)18-11/h8-9H,3-6H2,1-2H3,(H,19,20). The second kappa shape index (κ2) is 6.19. The van der Waals surface area contributed by atoms with Crippen LogP contribution in [0.3, 0.4) is 0 Å². The Labute approximate surface area is 137 Å². The summed E-state index contributed by atoms with van der Waals surface area (Å²) in [7, 11) is 0. The van der Waals surface area contributed by atoms with Crippen LogP contribution in [0.25, 0.3) is 0 Å². The van der Waals surface area contributed by atoms with Crippen LogP contribution in [-0.4, -0.2) is 10.9 Å². The maximum absolute atomic E-state index is 12.2. The van der Waals surface area contributed by atoms with Crippen molar-refractivity contribution in [2.24, 2.45) is 5.92 Å². The second-order valence-corrected chi connectivity index (χ2v) is 7.92. The van der Waals surface area contributed by atoms with Crippen molar-refractivity contribution in [3.05, 3.63) is 32.1 Å². The molecule has 0 aliphatic heterocycles. The molecule has 0 spiro atoms. The molecule has 114 valence electrons. The molecule has 3 rings (SSSR count). The minimum Gasteiger partial charge on any atom is -0.316 e. The summed E-state index contributed by atoms with van der Waals surface area (Å²) in [5.74, 6) is 0.549. The lowest BCUT2D eigenvalue weighted by Gasteiger charge is -2.17. The van der Waals surface area contributed by atoms with Crippen LogP contribution in [0.5, 0.6) is 0 Å². The largest absolute Gasteiger partial charge is 0.316 e. The molecule has 6 heteroatoms. The number of hydrogen-bond acceptors (Lipinski definition) is 5. The zero-order valence-electron chi connectivity index (χ0n) is 12.6. The van der Waals surface area contributed by atoms with Gasteiger partial charge in [-0.2, -0.15) is 5.26 Å². The molecule has 1 unspecified atom stereocenters. The zero-order chi connectivity index (χ0) is 15.7. The Kier molecular flexibility index (Phi) is 4.27. The number of nitrogens with one attached hydrogen (secondary N) is 1. The molecular formula is C16H17N3OS2. The minimum atomic E-state index is -0.103. The van der Waals surface area contributed by atoms with Crippen LogP contribution in [0.4, 0.5) is 5.00 Å². The van der Waals surface area contributed by atoms with Gasteiger partial charge in [-0.15, -0.1) is 22.7 Å². The smallest absolute Gasteiger partial charge is 0.231 e.